The molecule has 1 fully saturated rings. The van der Waals surface area contributed by atoms with E-state index in [-0.39, 0.29) is 11.8 Å². The maximum Gasteiger partial charge on any atom is 0.218 e. The largest absolute Gasteiger partial charge is 0.353 e. The van der Waals surface area contributed by atoms with Gasteiger partial charge in [0, 0.05) is 30.0 Å². The summed E-state index contributed by atoms with van der Waals surface area (Å²) in [7, 11) is -1.46. The molecule has 0 spiro atoms. The lowest BCUT2D eigenvalue weighted by Gasteiger charge is -2.22. The fourth-order valence-electron chi connectivity index (χ4n) is 2.53. The number of nitrogens with zero attached hydrogens (tertiary/aromatic N) is 2. The molecule has 4 nitrogen and oxygen atoms in total. The van der Waals surface area contributed by atoms with Gasteiger partial charge in [-0.25, -0.2) is 8.42 Å². The van der Waals surface area contributed by atoms with Crippen LogP contribution >= 0.6 is 11.6 Å². The molecule has 0 saturated heterocycles. The maximum atomic E-state index is 12.8. The molecule has 6 heteroatoms. The highest BCUT2D eigenvalue weighted by atomic mass is 35.5. The molecule has 22 heavy (non-hydrogen) atoms. The zero-order chi connectivity index (χ0) is 15.7. The Kier molecular flexibility index (Phi) is 4.30. The van der Waals surface area contributed by atoms with Crippen LogP contribution in [0.3, 0.4) is 0 Å². The molecule has 1 heterocycles. The van der Waals surface area contributed by atoms with Crippen LogP contribution in [0.15, 0.2) is 42.6 Å². The third-order valence-corrected chi connectivity index (χ3v) is 6.16. The molecule has 0 bridgehead atoms. The van der Waals surface area contributed by atoms with Crippen LogP contribution in [-0.4, -0.2) is 23.3 Å². The first kappa shape index (κ1) is 15.6. The quantitative estimate of drug-likeness (QED) is 0.811. The number of rotatable bonds is 6. The van der Waals surface area contributed by atoms with E-state index in [1.807, 2.05) is 36.0 Å². The summed E-state index contributed by atoms with van der Waals surface area (Å²) in [5.74, 6) is -0.0480. The SMILES string of the molecule is Cn1cccc1CN(C1CC1)S(=O)(=O)Cc1ccccc1Cl. The van der Waals surface area contributed by atoms with Crippen molar-refractivity contribution in [1.82, 2.24) is 8.87 Å². The van der Waals surface area contributed by atoms with Gasteiger partial charge < -0.3 is 4.57 Å². The lowest BCUT2D eigenvalue weighted by molar-refractivity contribution is 0.389. The van der Waals surface area contributed by atoms with Gasteiger partial charge in [0.1, 0.15) is 0 Å². The molecule has 1 aromatic carbocycles. The first-order valence-corrected chi connectivity index (χ1v) is 9.29. The Labute approximate surface area is 136 Å². The average Bonchev–Trinajstić information content (AvgIpc) is 3.22. The Morgan fingerprint density at radius 3 is 2.55 bits per heavy atom. The standard InChI is InChI=1S/C16H19ClN2O2S/c1-18-10-4-6-15(18)11-19(14-8-9-14)22(20,21)12-13-5-2-3-7-16(13)17/h2-7,10,14H,8-9,11-12H2,1H3. The number of hydrogen-bond donors (Lipinski definition) is 0. The monoisotopic (exact) mass is 338 g/mol. The highest BCUT2D eigenvalue weighted by Gasteiger charge is 2.37. The number of aryl methyl sites for hydroxylation is 1. The minimum Gasteiger partial charge on any atom is -0.353 e. The summed E-state index contributed by atoms with van der Waals surface area (Å²) in [5.41, 5.74) is 1.65. The molecule has 0 N–H and O–H groups in total. The minimum atomic E-state index is -3.39. The molecule has 0 aliphatic heterocycles. The van der Waals surface area contributed by atoms with Crippen LogP contribution in [0.25, 0.3) is 0 Å². The summed E-state index contributed by atoms with van der Waals surface area (Å²) in [6.07, 6.45) is 3.81. The van der Waals surface area contributed by atoms with Gasteiger partial charge in [-0.05, 0) is 36.6 Å². The van der Waals surface area contributed by atoms with Gasteiger partial charge in [-0.2, -0.15) is 4.31 Å². The topological polar surface area (TPSA) is 42.3 Å². The van der Waals surface area contributed by atoms with Crippen LogP contribution in [0, 0.1) is 0 Å². The third kappa shape index (κ3) is 3.37. The highest BCUT2D eigenvalue weighted by Crippen LogP contribution is 2.32. The van der Waals surface area contributed by atoms with Crippen LogP contribution in [0.2, 0.25) is 5.02 Å². The van der Waals surface area contributed by atoms with Crippen molar-refractivity contribution in [3.8, 4) is 0 Å². The van der Waals surface area contributed by atoms with Crippen molar-refractivity contribution in [2.75, 3.05) is 0 Å². The second kappa shape index (κ2) is 6.07. The minimum absolute atomic E-state index is 0.0480. The van der Waals surface area contributed by atoms with E-state index in [0.29, 0.717) is 17.1 Å². The molecule has 0 amide bonds. The van der Waals surface area contributed by atoms with Gasteiger partial charge in [0.2, 0.25) is 10.0 Å². The Hall–Kier alpha value is -1.30. The van der Waals surface area contributed by atoms with Crippen molar-refractivity contribution >= 4 is 21.6 Å². The number of sulfonamides is 1. The molecule has 0 radical (unpaired) electrons. The van der Waals surface area contributed by atoms with Crippen molar-refractivity contribution in [2.24, 2.45) is 7.05 Å². The van der Waals surface area contributed by atoms with Gasteiger partial charge in [0.25, 0.3) is 0 Å². The summed E-state index contributed by atoms with van der Waals surface area (Å²) >= 11 is 6.11. The lowest BCUT2D eigenvalue weighted by Crippen LogP contribution is -2.34. The maximum absolute atomic E-state index is 12.8. The normalized spacial score (nSPS) is 15.4. The smallest absolute Gasteiger partial charge is 0.218 e. The summed E-state index contributed by atoms with van der Waals surface area (Å²) in [5, 5.41) is 0.501. The molecule has 1 saturated carbocycles. The molecular formula is C16H19ClN2O2S. The first-order valence-electron chi connectivity index (χ1n) is 7.30. The van der Waals surface area contributed by atoms with Crippen molar-refractivity contribution in [3.05, 3.63) is 58.9 Å². The average molecular weight is 339 g/mol. The number of benzene rings is 1. The zero-order valence-electron chi connectivity index (χ0n) is 12.4. The van der Waals surface area contributed by atoms with Gasteiger partial charge in [-0.3, -0.25) is 0 Å². The summed E-state index contributed by atoms with van der Waals surface area (Å²) in [6, 6.07) is 11.1. The molecule has 1 aliphatic carbocycles. The van der Waals surface area contributed by atoms with E-state index < -0.39 is 10.0 Å². The lowest BCUT2D eigenvalue weighted by atomic mass is 10.2. The van der Waals surface area contributed by atoms with Gasteiger partial charge in [-0.15, -0.1) is 0 Å². The van der Waals surface area contributed by atoms with Crippen LogP contribution in [0.1, 0.15) is 24.1 Å². The summed E-state index contributed by atoms with van der Waals surface area (Å²) in [6.45, 7) is 0.418. The zero-order valence-corrected chi connectivity index (χ0v) is 14.0. The van der Waals surface area contributed by atoms with E-state index >= 15 is 0 Å². The molecule has 3 rings (SSSR count). The van der Waals surface area contributed by atoms with Crippen molar-refractivity contribution in [3.63, 3.8) is 0 Å². The molecule has 0 unspecified atom stereocenters. The fraction of sp³-hybridized carbons (Fsp3) is 0.375. The van der Waals surface area contributed by atoms with Crippen LogP contribution < -0.4 is 0 Å². The van der Waals surface area contributed by atoms with E-state index in [1.54, 1.807) is 22.5 Å². The Balaban J connectivity index is 1.84. The van der Waals surface area contributed by atoms with Crippen molar-refractivity contribution < 1.29 is 8.42 Å². The number of halogens is 1. The second-order valence-corrected chi connectivity index (χ2v) is 8.06. The fourth-order valence-corrected chi connectivity index (χ4v) is 4.62. The molecular weight excluding hydrogens is 320 g/mol. The van der Waals surface area contributed by atoms with E-state index in [4.69, 9.17) is 11.6 Å². The Morgan fingerprint density at radius 1 is 1.23 bits per heavy atom. The van der Waals surface area contributed by atoms with Crippen LogP contribution in [0.5, 0.6) is 0 Å². The van der Waals surface area contributed by atoms with Gasteiger partial charge in [0.15, 0.2) is 0 Å². The van der Waals surface area contributed by atoms with Gasteiger partial charge >= 0.3 is 0 Å². The third-order valence-electron chi connectivity index (χ3n) is 3.98. The number of aromatic nitrogens is 1. The molecule has 2 aromatic rings. The Bertz CT molecular complexity index is 766. The number of hydrogen-bond acceptors (Lipinski definition) is 2. The second-order valence-electron chi connectivity index (χ2n) is 5.73. The van der Waals surface area contributed by atoms with Crippen molar-refractivity contribution in [2.45, 2.75) is 31.2 Å². The van der Waals surface area contributed by atoms with Crippen LogP contribution in [0.4, 0.5) is 0 Å². The van der Waals surface area contributed by atoms with E-state index in [2.05, 4.69) is 0 Å². The van der Waals surface area contributed by atoms with E-state index in [1.165, 1.54) is 0 Å². The van der Waals surface area contributed by atoms with E-state index in [0.717, 1.165) is 18.5 Å². The van der Waals surface area contributed by atoms with Crippen LogP contribution in [-0.2, 0) is 29.4 Å². The summed E-state index contributed by atoms with van der Waals surface area (Å²) in [4.78, 5) is 0. The van der Waals surface area contributed by atoms with Gasteiger partial charge in [0.05, 0.1) is 12.3 Å². The predicted octanol–water partition coefficient (Wildman–Crippen LogP) is 3.17. The predicted molar refractivity (Wildman–Crippen MR) is 88.1 cm³/mol. The Morgan fingerprint density at radius 2 is 1.95 bits per heavy atom. The molecule has 1 aromatic heterocycles. The summed E-state index contributed by atoms with van der Waals surface area (Å²) < 4.78 is 29.2. The molecule has 1 aliphatic rings. The van der Waals surface area contributed by atoms with E-state index in [9.17, 15) is 8.42 Å². The van der Waals surface area contributed by atoms with Crippen molar-refractivity contribution in [1.29, 1.82) is 0 Å². The molecule has 118 valence electrons. The highest BCUT2D eigenvalue weighted by molar-refractivity contribution is 7.88. The first-order chi connectivity index (χ1) is 10.5. The van der Waals surface area contributed by atoms with Gasteiger partial charge in [-0.1, -0.05) is 29.8 Å². The molecule has 0 atom stereocenters.